The van der Waals surface area contributed by atoms with Gasteiger partial charge < -0.3 is 10.5 Å². The van der Waals surface area contributed by atoms with Gasteiger partial charge in [0.25, 0.3) is 0 Å². The van der Waals surface area contributed by atoms with Gasteiger partial charge in [-0.15, -0.1) is 0 Å². The van der Waals surface area contributed by atoms with E-state index >= 15 is 0 Å². The smallest absolute Gasteiger partial charge is 0.0589 e. The van der Waals surface area contributed by atoms with Crippen LogP contribution in [-0.2, 0) is 4.74 Å². The lowest BCUT2D eigenvalue weighted by Gasteiger charge is -2.38. The third kappa shape index (κ3) is 3.43. The van der Waals surface area contributed by atoms with Gasteiger partial charge in [0.05, 0.1) is 6.61 Å². The Hall–Kier alpha value is -0.120. The first-order valence-corrected chi connectivity index (χ1v) is 6.94. The van der Waals surface area contributed by atoms with E-state index in [-0.39, 0.29) is 11.5 Å². The summed E-state index contributed by atoms with van der Waals surface area (Å²) in [6.07, 6.45) is 3.63. The van der Waals surface area contributed by atoms with Gasteiger partial charge >= 0.3 is 0 Å². The Labute approximate surface area is 107 Å². The zero-order valence-corrected chi connectivity index (χ0v) is 12.2. The molecule has 0 aromatic rings. The Balaban J connectivity index is 2.70. The van der Waals surface area contributed by atoms with E-state index < -0.39 is 0 Å². The molecule has 0 heterocycles. The minimum absolute atomic E-state index is 0.281. The van der Waals surface area contributed by atoms with E-state index in [0.717, 1.165) is 13.2 Å². The molecule has 0 aromatic carbocycles. The Kier molecular flexibility index (Phi) is 5.42. The van der Waals surface area contributed by atoms with Crippen LogP contribution in [0.15, 0.2) is 0 Å². The minimum atomic E-state index is 0.281. The molecule has 3 nitrogen and oxygen atoms in total. The van der Waals surface area contributed by atoms with Gasteiger partial charge in [-0.05, 0) is 31.6 Å². The summed E-state index contributed by atoms with van der Waals surface area (Å²) in [5.41, 5.74) is 6.72. The summed E-state index contributed by atoms with van der Waals surface area (Å²) in [5, 5.41) is 0. The molecule has 17 heavy (non-hydrogen) atoms. The molecule has 0 aliphatic heterocycles. The van der Waals surface area contributed by atoms with Gasteiger partial charge in [0, 0.05) is 31.8 Å². The first kappa shape index (κ1) is 14.9. The summed E-state index contributed by atoms with van der Waals surface area (Å²) >= 11 is 0. The van der Waals surface area contributed by atoms with Crippen LogP contribution in [0, 0.1) is 5.41 Å². The fourth-order valence-electron chi connectivity index (χ4n) is 2.90. The molecule has 0 amide bonds. The fourth-order valence-corrected chi connectivity index (χ4v) is 2.90. The summed E-state index contributed by atoms with van der Waals surface area (Å²) in [6, 6.07) is 1.40. The summed E-state index contributed by atoms with van der Waals surface area (Å²) in [7, 11) is 1.77. The normalized spacial score (nSPS) is 29.8. The van der Waals surface area contributed by atoms with E-state index in [1.54, 1.807) is 7.11 Å². The molecule has 1 rings (SSSR count). The van der Waals surface area contributed by atoms with Crippen LogP contribution in [0.5, 0.6) is 0 Å². The van der Waals surface area contributed by atoms with Crippen LogP contribution in [0.25, 0.3) is 0 Å². The van der Waals surface area contributed by atoms with Crippen molar-refractivity contribution in [2.24, 2.45) is 11.1 Å². The maximum atomic E-state index is 6.44. The number of nitrogens with two attached hydrogens (primary N) is 1. The van der Waals surface area contributed by atoms with Crippen LogP contribution >= 0.6 is 0 Å². The lowest BCUT2D eigenvalue weighted by molar-refractivity contribution is 0.0768. The molecule has 0 saturated heterocycles. The van der Waals surface area contributed by atoms with Crippen LogP contribution < -0.4 is 5.73 Å². The second kappa shape index (κ2) is 6.17. The van der Waals surface area contributed by atoms with Crippen LogP contribution in [0.3, 0.4) is 0 Å². The number of hydrogen-bond donors (Lipinski definition) is 1. The Morgan fingerprint density at radius 3 is 2.53 bits per heavy atom. The van der Waals surface area contributed by atoms with Crippen molar-refractivity contribution in [3.63, 3.8) is 0 Å². The topological polar surface area (TPSA) is 38.5 Å². The molecular formula is C14H30N2O. The molecule has 1 saturated carbocycles. The first-order valence-electron chi connectivity index (χ1n) is 6.94. The first-order chi connectivity index (χ1) is 7.94. The highest BCUT2D eigenvalue weighted by molar-refractivity contribution is 5.00. The molecule has 0 radical (unpaired) electrons. The van der Waals surface area contributed by atoms with E-state index in [9.17, 15) is 0 Å². The van der Waals surface area contributed by atoms with Crippen molar-refractivity contribution in [2.75, 3.05) is 20.3 Å². The number of methoxy groups -OCH3 is 1. The number of hydrogen-bond acceptors (Lipinski definition) is 3. The van der Waals surface area contributed by atoms with Gasteiger partial charge in [0.15, 0.2) is 0 Å². The van der Waals surface area contributed by atoms with Crippen LogP contribution in [0.2, 0.25) is 0 Å². The van der Waals surface area contributed by atoms with Gasteiger partial charge in [0.2, 0.25) is 0 Å². The zero-order valence-electron chi connectivity index (χ0n) is 12.2. The average Bonchev–Trinajstić information content (AvgIpc) is 2.56. The summed E-state index contributed by atoms with van der Waals surface area (Å²) in [6.45, 7) is 10.9. The highest BCUT2D eigenvalue weighted by Crippen LogP contribution is 2.39. The van der Waals surface area contributed by atoms with Crippen molar-refractivity contribution in [2.45, 2.75) is 65.1 Å². The average molecular weight is 242 g/mol. The third-order valence-corrected chi connectivity index (χ3v) is 4.54. The maximum Gasteiger partial charge on any atom is 0.0589 e. The Bertz CT molecular complexity index is 230. The highest BCUT2D eigenvalue weighted by atomic mass is 16.5. The van der Waals surface area contributed by atoms with E-state index in [1.165, 1.54) is 19.3 Å². The predicted octanol–water partition coefficient (Wildman–Crippen LogP) is 2.25. The standard InChI is InChI=1S/C14H30N2O/c1-6-11(2)16(9-10-17-5)12-7-8-14(3,4)13(12)15/h11-13H,6-10,15H2,1-5H3. The van der Waals surface area contributed by atoms with Crippen molar-refractivity contribution in [3.05, 3.63) is 0 Å². The van der Waals surface area contributed by atoms with Crippen LogP contribution in [0.4, 0.5) is 0 Å². The second-order valence-electron chi connectivity index (χ2n) is 6.11. The molecular weight excluding hydrogens is 212 g/mol. The molecule has 1 aliphatic carbocycles. The number of rotatable bonds is 6. The third-order valence-electron chi connectivity index (χ3n) is 4.54. The van der Waals surface area contributed by atoms with Crippen molar-refractivity contribution < 1.29 is 4.74 Å². The molecule has 3 atom stereocenters. The molecule has 2 N–H and O–H groups in total. The van der Waals surface area contributed by atoms with E-state index in [2.05, 4.69) is 32.6 Å². The van der Waals surface area contributed by atoms with Crippen LogP contribution in [0.1, 0.15) is 47.0 Å². The lowest BCUT2D eigenvalue weighted by atomic mass is 9.87. The lowest BCUT2D eigenvalue weighted by Crippen LogP contribution is -2.52. The molecule has 1 fully saturated rings. The molecule has 3 unspecified atom stereocenters. The quantitative estimate of drug-likeness (QED) is 0.776. The molecule has 102 valence electrons. The fraction of sp³-hybridized carbons (Fsp3) is 1.00. The van der Waals surface area contributed by atoms with Crippen molar-refractivity contribution in [1.82, 2.24) is 4.90 Å². The van der Waals surface area contributed by atoms with Gasteiger partial charge in [-0.3, -0.25) is 4.90 Å². The van der Waals surface area contributed by atoms with Gasteiger partial charge in [-0.25, -0.2) is 0 Å². The van der Waals surface area contributed by atoms with Gasteiger partial charge in [0.1, 0.15) is 0 Å². The number of ether oxygens (including phenoxy) is 1. The zero-order chi connectivity index (χ0) is 13.1. The largest absolute Gasteiger partial charge is 0.383 e. The van der Waals surface area contributed by atoms with Gasteiger partial charge in [-0.1, -0.05) is 20.8 Å². The summed E-state index contributed by atoms with van der Waals surface area (Å²) in [4.78, 5) is 2.56. The molecule has 0 bridgehead atoms. The maximum absolute atomic E-state index is 6.44. The van der Waals surface area contributed by atoms with E-state index in [0.29, 0.717) is 12.1 Å². The van der Waals surface area contributed by atoms with Crippen molar-refractivity contribution in [1.29, 1.82) is 0 Å². The van der Waals surface area contributed by atoms with E-state index in [4.69, 9.17) is 10.5 Å². The predicted molar refractivity (Wildman–Crippen MR) is 73.1 cm³/mol. The monoisotopic (exact) mass is 242 g/mol. The second-order valence-corrected chi connectivity index (χ2v) is 6.11. The Morgan fingerprint density at radius 1 is 1.47 bits per heavy atom. The van der Waals surface area contributed by atoms with Gasteiger partial charge in [-0.2, -0.15) is 0 Å². The van der Waals surface area contributed by atoms with Crippen molar-refractivity contribution in [3.8, 4) is 0 Å². The highest BCUT2D eigenvalue weighted by Gasteiger charge is 2.42. The summed E-state index contributed by atoms with van der Waals surface area (Å²) in [5.74, 6) is 0. The van der Waals surface area contributed by atoms with Crippen molar-refractivity contribution >= 4 is 0 Å². The number of nitrogens with zero attached hydrogens (tertiary/aromatic N) is 1. The Morgan fingerprint density at radius 2 is 2.12 bits per heavy atom. The molecule has 0 aromatic heterocycles. The molecule has 0 spiro atoms. The minimum Gasteiger partial charge on any atom is -0.383 e. The van der Waals surface area contributed by atoms with Crippen LogP contribution in [-0.4, -0.2) is 43.3 Å². The molecule has 3 heteroatoms. The molecule has 1 aliphatic rings. The summed E-state index contributed by atoms with van der Waals surface area (Å²) < 4.78 is 5.23. The SMILES string of the molecule is CCC(C)N(CCOC)C1CCC(C)(C)C1N. The van der Waals surface area contributed by atoms with E-state index in [1.807, 2.05) is 0 Å².